The van der Waals surface area contributed by atoms with Crippen molar-refractivity contribution in [3.63, 3.8) is 0 Å². The van der Waals surface area contributed by atoms with Crippen LogP contribution >= 0.6 is 0 Å². The molecule has 0 aromatic carbocycles. The SMILES string of the molecule is Cc1ccncc1C(O)c1cncnc1. The predicted molar refractivity (Wildman–Crippen MR) is 55.1 cm³/mol. The molecule has 2 aromatic rings. The van der Waals surface area contributed by atoms with Crippen LogP contribution in [0.15, 0.2) is 37.2 Å². The van der Waals surface area contributed by atoms with Gasteiger partial charge in [0.2, 0.25) is 0 Å². The van der Waals surface area contributed by atoms with Gasteiger partial charge in [0.15, 0.2) is 0 Å². The van der Waals surface area contributed by atoms with Gasteiger partial charge in [-0.15, -0.1) is 0 Å². The predicted octanol–water partition coefficient (Wildman–Crippen LogP) is 1.26. The molecule has 2 aromatic heterocycles. The molecular formula is C11H11N3O. The number of nitrogens with zero attached hydrogens (tertiary/aromatic N) is 3. The molecule has 0 aliphatic rings. The van der Waals surface area contributed by atoms with Crippen LogP contribution in [0.4, 0.5) is 0 Å². The van der Waals surface area contributed by atoms with E-state index in [0.29, 0.717) is 5.56 Å². The lowest BCUT2D eigenvalue weighted by Gasteiger charge is -2.12. The molecule has 1 atom stereocenters. The second-order valence-corrected chi connectivity index (χ2v) is 3.31. The van der Waals surface area contributed by atoms with Crippen molar-refractivity contribution in [3.05, 3.63) is 53.9 Å². The third-order valence-electron chi connectivity index (χ3n) is 2.27. The fourth-order valence-electron chi connectivity index (χ4n) is 1.39. The first-order chi connectivity index (χ1) is 7.29. The first kappa shape index (κ1) is 9.73. The van der Waals surface area contributed by atoms with Gasteiger partial charge in [0.05, 0.1) is 0 Å². The smallest absolute Gasteiger partial charge is 0.115 e. The Morgan fingerprint density at radius 2 is 1.87 bits per heavy atom. The summed E-state index contributed by atoms with van der Waals surface area (Å²) in [6, 6.07) is 1.86. The van der Waals surface area contributed by atoms with Gasteiger partial charge >= 0.3 is 0 Å². The quantitative estimate of drug-likeness (QED) is 0.794. The minimum absolute atomic E-state index is 0.675. The summed E-state index contributed by atoms with van der Waals surface area (Å²) in [4.78, 5) is 11.7. The molecule has 2 heterocycles. The summed E-state index contributed by atoms with van der Waals surface area (Å²) in [5.74, 6) is 0. The second kappa shape index (κ2) is 4.14. The van der Waals surface area contributed by atoms with Gasteiger partial charge in [-0.3, -0.25) is 4.98 Å². The molecule has 0 bridgehead atoms. The monoisotopic (exact) mass is 201 g/mol. The molecule has 0 spiro atoms. The highest BCUT2D eigenvalue weighted by Gasteiger charge is 2.12. The second-order valence-electron chi connectivity index (χ2n) is 3.31. The van der Waals surface area contributed by atoms with E-state index in [1.165, 1.54) is 6.33 Å². The zero-order chi connectivity index (χ0) is 10.7. The highest BCUT2D eigenvalue weighted by molar-refractivity contribution is 5.30. The highest BCUT2D eigenvalue weighted by Crippen LogP contribution is 2.22. The largest absolute Gasteiger partial charge is 0.383 e. The maximum absolute atomic E-state index is 10.1. The average Bonchev–Trinajstić information content (AvgIpc) is 2.30. The molecule has 1 N–H and O–H groups in total. The zero-order valence-corrected chi connectivity index (χ0v) is 8.33. The summed E-state index contributed by atoms with van der Waals surface area (Å²) in [7, 11) is 0. The lowest BCUT2D eigenvalue weighted by atomic mass is 10.0. The maximum atomic E-state index is 10.1. The Bertz CT molecular complexity index is 445. The summed E-state index contributed by atoms with van der Waals surface area (Å²) in [5.41, 5.74) is 2.46. The average molecular weight is 201 g/mol. The standard InChI is InChI=1S/C11H11N3O/c1-8-2-3-12-6-10(8)11(15)9-4-13-7-14-5-9/h2-7,11,15H,1H3. The number of aliphatic hydroxyl groups excluding tert-OH is 1. The third-order valence-corrected chi connectivity index (χ3v) is 2.27. The summed E-state index contributed by atoms with van der Waals surface area (Å²) in [5, 5.41) is 10.1. The van der Waals surface area contributed by atoms with Crippen LogP contribution in [0.1, 0.15) is 22.8 Å². The molecular weight excluding hydrogens is 190 g/mol. The molecule has 0 saturated carbocycles. The van der Waals surface area contributed by atoms with E-state index in [1.54, 1.807) is 24.8 Å². The van der Waals surface area contributed by atoms with E-state index in [0.717, 1.165) is 11.1 Å². The van der Waals surface area contributed by atoms with Crippen molar-refractivity contribution >= 4 is 0 Å². The maximum Gasteiger partial charge on any atom is 0.115 e. The number of pyridine rings is 1. The van der Waals surface area contributed by atoms with E-state index in [1.807, 2.05) is 13.0 Å². The van der Waals surface area contributed by atoms with E-state index >= 15 is 0 Å². The number of rotatable bonds is 2. The van der Waals surface area contributed by atoms with Gasteiger partial charge in [-0.1, -0.05) is 0 Å². The summed E-state index contributed by atoms with van der Waals surface area (Å²) < 4.78 is 0. The van der Waals surface area contributed by atoms with E-state index in [2.05, 4.69) is 15.0 Å². The Labute approximate surface area is 87.7 Å². The van der Waals surface area contributed by atoms with Crippen molar-refractivity contribution in [1.82, 2.24) is 15.0 Å². The van der Waals surface area contributed by atoms with Crippen molar-refractivity contribution in [2.24, 2.45) is 0 Å². The summed E-state index contributed by atoms with van der Waals surface area (Å²) >= 11 is 0. The van der Waals surface area contributed by atoms with Gasteiger partial charge in [-0.25, -0.2) is 9.97 Å². The van der Waals surface area contributed by atoms with Gasteiger partial charge in [0.1, 0.15) is 12.4 Å². The van der Waals surface area contributed by atoms with Crippen LogP contribution in [0, 0.1) is 6.92 Å². The third kappa shape index (κ3) is 1.99. The van der Waals surface area contributed by atoms with Crippen LogP contribution in [0.2, 0.25) is 0 Å². The summed E-state index contributed by atoms with van der Waals surface area (Å²) in [6.45, 7) is 1.93. The van der Waals surface area contributed by atoms with Crippen LogP contribution in [0.5, 0.6) is 0 Å². The van der Waals surface area contributed by atoms with Crippen LogP contribution in [0.25, 0.3) is 0 Å². The van der Waals surface area contributed by atoms with Crippen LogP contribution in [-0.2, 0) is 0 Å². The molecule has 0 aliphatic carbocycles. The molecule has 4 nitrogen and oxygen atoms in total. The fraction of sp³-hybridized carbons (Fsp3) is 0.182. The van der Waals surface area contributed by atoms with E-state index in [9.17, 15) is 5.11 Å². The van der Waals surface area contributed by atoms with Crippen molar-refractivity contribution in [1.29, 1.82) is 0 Å². The van der Waals surface area contributed by atoms with Gasteiger partial charge in [-0.2, -0.15) is 0 Å². The molecule has 0 aliphatic heterocycles. The van der Waals surface area contributed by atoms with Crippen LogP contribution < -0.4 is 0 Å². The first-order valence-electron chi connectivity index (χ1n) is 4.62. The molecule has 15 heavy (non-hydrogen) atoms. The van der Waals surface area contributed by atoms with E-state index < -0.39 is 6.10 Å². The molecule has 2 rings (SSSR count). The lowest BCUT2D eigenvalue weighted by Crippen LogP contribution is -2.03. The molecule has 0 amide bonds. The first-order valence-corrected chi connectivity index (χ1v) is 4.62. The van der Waals surface area contributed by atoms with Crippen molar-refractivity contribution < 1.29 is 5.11 Å². The summed E-state index contributed by atoms with van der Waals surface area (Å²) in [6.07, 6.45) is 7.29. The molecule has 0 fully saturated rings. The van der Waals surface area contributed by atoms with Gasteiger partial charge < -0.3 is 5.11 Å². The molecule has 1 unspecified atom stereocenters. The van der Waals surface area contributed by atoms with Gasteiger partial charge in [-0.05, 0) is 18.6 Å². The number of aliphatic hydroxyl groups is 1. The number of hydrogen-bond donors (Lipinski definition) is 1. The molecule has 0 radical (unpaired) electrons. The number of aromatic nitrogens is 3. The Balaban J connectivity index is 2.37. The Morgan fingerprint density at radius 1 is 1.13 bits per heavy atom. The van der Waals surface area contributed by atoms with Crippen LogP contribution in [-0.4, -0.2) is 20.1 Å². The normalized spacial score (nSPS) is 12.4. The minimum atomic E-state index is -0.708. The Hall–Kier alpha value is -1.81. The molecule has 4 heteroatoms. The van der Waals surface area contributed by atoms with Gasteiger partial charge in [0, 0.05) is 35.9 Å². The topological polar surface area (TPSA) is 58.9 Å². The van der Waals surface area contributed by atoms with Gasteiger partial charge in [0.25, 0.3) is 0 Å². The Kier molecular flexibility index (Phi) is 2.69. The highest BCUT2D eigenvalue weighted by atomic mass is 16.3. The Morgan fingerprint density at radius 3 is 2.53 bits per heavy atom. The van der Waals surface area contributed by atoms with Crippen molar-refractivity contribution in [3.8, 4) is 0 Å². The van der Waals surface area contributed by atoms with E-state index in [-0.39, 0.29) is 0 Å². The minimum Gasteiger partial charge on any atom is -0.383 e. The van der Waals surface area contributed by atoms with E-state index in [4.69, 9.17) is 0 Å². The zero-order valence-electron chi connectivity index (χ0n) is 8.33. The van der Waals surface area contributed by atoms with Crippen molar-refractivity contribution in [2.45, 2.75) is 13.0 Å². The molecule has 76 valence electrons. The number of hydrogen-bond acceptors (Lipinski definition) is 4. The van der Waals surface area contributed by atoms with Crippen LogP contribution in [0.3, 0.4) is 0 Å². The lowest BCUT2D eigenvalue weighted by molar-refractivity contribution is 0.218. The fourth-order valence-corrected chi connectivity index (χ4v) is 1.39. The number of aryl methyl sites for hydroxylation is 1. The van der Waals surface area contributed by atoms with Crippen molar-refractivity contribution in [2.75, 3.05) is 0 Å². The molecule has 0 saturated heterocycles.